The lowest BCUT2D eigenvalue weighted by molar-refractivity contribution is 0.195. The van der Waals surface area contributed by atoms with E-state index in [1.54, 1.807) is 0 Å². The van der Waals surface area contributed by atoms with E-state index in [0.717, 1.165) is 13.1 Å². The highest BCUT2D eigenvalue weighted by molar-refractivity contribution is 7.46. The number of nitrogens with one attached hydrogen (secondary N) is 1. The van der Waals surface area contributed by atoms with Gasteiger partial charge in [-0.2, -0.15) is 0 Å². The highest BCUT2D eigenvalue weighted by Crippen LogP contribution is 2.35. The Morgan fingerprint density at radius 1 is 1.55 bits per heavy atom. The van der Waals surface area contributed by atoms with Crippen molar-refractivity contribution in [1.82, 2.24) is 5.32 Å². The molecule has 0 unspecified atom stereocenters. The monoisotopic (exact) mass is 183 g/mol. The molecule has 0 aromatic heterocycles. The second kappa shape index (κ2) is 5.69. The van der Waals surface area contributed by atoms with Crippen molar-refractivity contribution < 1.29 is 18.9 Å². The van der Waals surface area contributed by atoms with Gasteiger partial charge < -0.3 is 15.1 Å². The molecule has 0 spiro atoms. The molecule has 3 N–H and O–H groups in total. The highest BCUT2D eigenvalue weighted by atomic mass is 31.2. The maximum absolute atomic E-state index is 10.1. The first-order valence-corrected chi connectivity index (χ1v) is 5.00. The first-order valence-electron chi connectivity index (χ1n) is 3.47. The molecule has 68 valence electrons. The third-order valence-corrected chi connectivity index (χ3v) is 1.53. The molecule has 0 rings (SSSR count). The minimum atomic E-state index is -4.24. The molecule has 0 amide bonds. The minimum Gasteiger partial charge on any atom is -0.317 e. The number of hydrogen-bond donors (Lipinski definition) is 3. The molecular weight excluding hydrogens is 169 g/mol. The Morgan fingerprint density at radius 3 is 2.64 bits per heavy atom. The number of rotatable bonds is 6. The summed E-state index contributed by atoms with van der Waals surface area (Å²) in [6.07, 6.45) is 0.610. The van der Waals surface area contributed by atoms with Crippen LogP contribution in [0.15, 0.2) is 0 Å². The van der Waals surface area contributed by atoms with Gasteiger partial charge in [-0.3, -0.25) is 4.52 Å². The Kier molecular flexibility index (Phi) is 5.72. The second-order valence-electron chi connectivity index (χ2n) is 2.03. The quantitative estimate of drug-likeness (QED) is 0.402. The van der Waals surface area contributed by atoms with Crippen LogP contribution in [0.4, 0.5) is 0 Å². The SMILES string of the molecule is CCNCCCOP(=O)(O)O. The Hall–Kier alpha value is 0.0700. The van der Waals surface area contributed by atoms with Crippen LogP contribution in [-0.2, 0) is 9.09 Å². The van der Waals surface area contributed by atoms with Gasteiger partial charge >= 0.3 is 7.82 Å². The molecule has 0 fully saturated rings. The standard InChI is InChI=1S/C5H14NO4P/c1-2-6-4-3-5-10-11(7,8)9/h6H,2-5H2,1H3,(H2,7,8,9). The largest absolute Gasteiger partial charge is 0.469 e. The lowest BCUT2D eigenvalue weighted by atomic mass is 10.4. The zero-order valence-electron chi connectivity index (χ0n) is 6.49. The van der Waals surface area contributed by atoms with Crippen LogP contribution >= 0.6 is 7.82 Å². The molecule has 0 bridgehead atoms. The average Bonchev–Trinajstić information content (AvgIpc) is 1.85. The average molecular weight is 183 g/mol. The topological polar surface area (TPSA) is 78.8 Å². The Balaban J connectivity index is 3.09. The van der Waals surface area contributed by atoms with E-state index < -0.39 is 7.82 Å². The zero-order chi connectivity index (χ0) is 8.74. The first kappa shape index (κ1) is 11.1. The van der Waals surface area contributed by atoms with E-state index in [0.29, 0.717) is 6.42 Å². The Labute approximate surface area is 66.0 Å². The summed E-state index contributed by atoms with van der Waals surface area (Å²) in [6.45, 7) is 3.63. The van der Waals surface area contributed by atoms with E-state index in [2.05, 4.69) is 9.84 Å². The maximum Gasteiger partial charge on any atom is 0.469 e. The molecule has 0 aromatic rings. The van der Waals surface area contributed by atoms with Gasteiger partial charge in [0, 0.05) is 0 Å². The Bertz CT molecular complexity index is 134. The molecule has 0 aromatic carbocycles. The minimum absolute atomic E-state index is 0.0945. The number of phosphoric acid groups is 1. The van der Waals surface area contributed by atoms with Crippen molar-refractivity contribution in [2.24, 2.45) is 0 Å². The van der Waals surface area contributed by atoms with Gasteiger partial charge in [0.05, 0.1) is 6.61 Å². The van der Waals surface area contributed by atoms with E-state index in [4.69, 9.17) is 9.79 Å². The number of phosphoric ester groups is 1. The van der Waals surface area contributed by atoms with Crippen LogP contribution in [-0.4, -0.2) is 29.5 Å². The predicted molar refractivity (Wildman–Crippen MR) is 41.2 cm³/mol. The zero-order valence-corrected chi connectivity index (χ0v) is 7.38. The van der Waals surface area contributed by atoms with Crippen molar-refractivity contribution in [1.29, 1.82) is 0 Å². The molecule has 0 radical (unpaired) electrons. The van der Waals surface area contributed by atoms with Gasteiger partial charge in [-0.25, -0.2) is 4.57 Å². The molecule has 0 saturated heterocycles. The summed E-state index contributed by atoms with van der Waals surface area (Å²) < 4.78 is 14.3. The van der Waals surface area contributed by atoms with Crippen molar-refractivity contribution in [2.75, 3.05) is 19.7 Å². The van der Waals surface area contributed by atoms with E-state index in [-0.39, 0.29) is 6.61 Å². The van der Waals surface area contributed by atoms with Crippen molar-refractivity contribution in [3.05, 3.63) is 0 Å². The normalized spacial score (nSPS) is 11.9. The van der Waals surface area contributed by atoms with Gasteiger partial charge in [0.1, 0.15) is 0 Å². The first-order chi connectivity index (χ1) is 5.06. The summed E-state index contributed by atoms with van der Waals surface area (Å²) in [5, 5.41) is 3.00. The molecule has 0 heterocycles. The molecule has 0 aliphatic heterocycles. The summed E-state index contributed by atoms with van der Waals surface area (Å²) in [6, 6.07) is 0. The van der Waals surface area contributed by atoms with E-state index in [1.165, 1.54) is 0 Å². The molecule has 0 atom stereocenters. The fraction of sp³-hybridized carbons (Fsp3) is 1.00. The third kappa shape index (κ3) is 10.1. The van der Waals surface area contributed by atoms with Gasteiger partial charge in [-0.15, -0.1) is 0 Å². The van der Waals surface area contributed by atoms with Crippen LogP contribution in [0.5, 0.6) is 0 Å². The second-order valence-corrected chi connectivity index (χ2v) is 3.27. The molecule has 6 heteroatoms. The summed E-state index contributed by atoms with van der Waals surface area (Å²) in [5.41, 5.74) is 0. The molecule has 11 heavy (non-hydrogen) atoms. The van der Waals surface area contributed by atoms with Gasteiger partial charge in [-0.1, -0.05) is 6.92 Å². The number of hydrogen-bond acceptors (Lipinski definition) is 3. The molecule has 0 saturated carbocycles. The van der Waals surface area contributed by atoms with Crippen LogP contribution in [0.1, 0.15) is 13.3 Å². The van der Waals surface area contributed by atoms with Crippen LogP contribution < -0.4 is 5.32 Å². The van der Waals surface area contributed by atoms with Crippen LogP contribution in [0.3, 0.4) is 0 Å². The van der Waals surface area contributed by atoms with Gasteiger partial charge in [0.25, 0.3) is 0 Å². The van der Waals surface area contributed by atoms with Crippen molar-refractivity contribution in [2.45, 2.75) is 13.3 Å². The van der Waals surface area contributed by atoms with Gasteiger partial charge in [0.15, 0.2) is 0 Å². The van der Waals surface area contributed by atoms with E-state index in [1.807, 2.05) is 6.92 Å². The van der Waals surface area contributed by atoms with Crippen LogP contribution in [0, 0.1) is 0 Å². The molecule has 5 nitrogen and oxygen atoms in total. The van der Waals surface area contributed by atoms with Crippen molar-refractivity contribution in [3.63, 3.8) is 0 Å². The summed E-state index contributed by atoms with van der Waals surface area (Å²) in [5.74, 6) is 0. The maximum atomic E-state index is 10.1. The van der Waals surface area contributed by atoms with Gasteiger partial charge in [-0.05, 0) is 19.5 Å². The van der Waals surface area contributed by atoms with Crippen molar-refractivity contribution >= 4 is 7.82 Å². The highest BCUT2D eigenvalue weighted by Gasteiger charge is 2.11. The van der Waals surface area contributed by atoms with Crippen LogP contribution in [0.25, 0.3) is 0 Å². The van der Waals surface area contributed by atoms with Crippen LogP contribution in [0.2, 0.25) is 0 Å². The summed E-state index contributed by atoms with van der Waals surface area (Å²) in [7, 11) is -4.24. The smallest absolute Gasteiger partial charge is 0.317 e. The van der Waals surface area contributed by atoms with E-state index in [9.17, 15) is 4.57 Å². The van der Waals surface area contributed by atoms with Crippen molar-refractivity contribution in [3.8, 4) is 0 Å². The molecular formula is C5H14NO4P. The molecule has 0 aliphatic rings. The summed E-state index contributed by atoms with van der Waals surface area (Å²) >= 11 is 0. The predicted octanol–water partition coefficient (Wildman–Crippen LogP) is 0.0953. The van der Waals surface area contributed by atoms with Gasteiger partial charge in [0.2, 0.25) is 0 Å². The molecule has 0 aliphatic carbocycles. The lowest BCUT2D eigenvalue weighted by Gasteiger charge is -2.04. The fourth-order valence-electron chi connectivity index (χ4n) is 0.557. The third-order valence-electron chi connectivity index (χ3n) is 1.01. The fourth-order valence-corrected chi connectivity index (χ4v) is 0.924. The van der Waals surface area contributed by atoms with E-state index >= 15 is 0 Å². The summed E-state index contributed by atoms with van der Waals surface area (Å²) in [4.78, 5) is 16.5. The Morgan fingerprint density at radius 2 is 2.18 bits per heavy atom. The lowest BCUT2D eigenvalue weighted by Crippen LogP contribution is -2.15.